The minimum absolute atomic E-state index is 0.0440. The molecule has 0 radical (unpaired) electrons. The molecule has 2 aromatic carbocycles. The Bertz CT molecular complexity index is 921. The molecular formula is C17H12N4O2S. The highest BCUT2D eigenvalue weighted by Gasteiger charge is 2.31. The van der Waals surface area contributed by atoms with Crippen LogP contribution < -0.4 is 15.4 Å². The van der Waals surface area contributed by atoms with Crippen LogP contribution in [0.2, 0.25) is 0 Å². The van der Waals surface area contributed by atoms with Gasteiger partial charge in [0.15, 0.2) is 0 Å². The standard InChI is InChI=1S/C17H12N4O2S/c18-15-11-7-6-10(23-9-4-2-1-3-5-9)8-12(11)13(20-15)14-16(19)21-17(22)24-14/h1-8H,(H2,18,20)(H2,19,21,22)/b14-13+. The summed E-state index contributed by atoms with van der Waals surface area (Å²) >= 11 is 0.951. The summed E-state index contributed by atoms with van der Waals surface area (Å²) in [5.41, 5.74) is 2.05. The Labute approximate surface area is 141 Å². The fraction of sp³-hybridized carbons (Fsp3) is 0. The number of carbonyl (C=O) groups excluding carboxylic acids is 1. The zero-order valence-electron chi connectivity index (χ0n) is 12.3. The van der Waals surface area contributed by atoms with Crippen molar-refractivity contribution in [1.29, 1.82) is 10.8 Å². The van der Waals surface area contributed by atoms with Gasteiger partial charge in [-0.15, -0.1) is 0 Å². The first kappa shape index (κ1) is 14.5. The van der Waals surface area contributed by atoms with E-state index in [0.717, 1.165) is 17.3 Å². The maximum atomic E-state index is 11.5. The molecular weight excluding hydrogens is 324 g/mol. The topological polar surface area (TPSA) is 98.1 Å². The largest absolute Gasteiger partial charge is 0.457 e. The summed E-state index contributed by atoms with van der Waals surface area (Å²) in [5, 5.41) is 21.1. The normalized spacial score (nSPS) is 19.1. The SMILES string of the molecule is N=C1NC(=O)S/C1=C1/NC(=N)c2ccc(Oc3ccccc3)cc21. The lowest BCUT2D eigenvalue weighted by Crippen LogP contribution is -2.19. The van der Waals surface area contributed by atoms with E-state index in [2.05, 4.69) is 10.6 Å². The fourth-order valence-electron chi connectivity index (χ4n) is 2.58. The fourth-order valence-corrected chi connectivity index (χ4v) is 3.33. The second-order valence-electron chi connectivity index (χ2n) is 5.22. The molecule has 2 aromatic rings. The van der Waals surface area contributed by atoms with Gasteiger partial charge in [-0.25, -0.2) is 0 Å². The van der Waals surface area contributed by atoms with Gasteiger partial charge in [0, 0.05) is 11.1 Å². The quantitative estimate of drug-likeness (QED) is 0.674. The number of hydrogen-bond acceptors (Lipinski definition) is 5. The number of carbonyl (C=O) groups is 1. The van der Waals surface area contributed by atoms with Crippen LogP contribution in [0.5, 0.6) is 11.5 Å². The Morgan fingerprint density at radius 3 is 2.38 bits per heavy atom. The second-order valence-corrected chi connectivity index (χ2v) is 6.20. The molecule has 7 heteroatoms. The van der Waals surface area contributed by atoms with Crippen molar-refractivity contribution < 1.29 is 9.53 Å². The summed E-state index contributed by atoms with van der Waals surface area (Å²) in [6.07, 6.45) is 0. The predicted molar refractivity (Wildman–Crippen MR) is 93.7 cm³/mol. The molecule has 1 amide bonds. The summed E-state index contributed by atoms with van der Waals surface area (Å²) in [7, 11) is 0. The Morgan fingerprint density at radius 2 is 1.67 bits per heavy atom. The van der Waals surface area contributed by atoms with Gasteiger partial charge >= 0.3 is 0 Å². The summed E-state index contributed by atoms with van der Waals surface area (Å²) in [6.45, 7) is 0. The molecule has 0 aliphatic carbocycles. The Balaban J connectivity index is 1.76. The lowest BCUT2D eigenvalue weighted by molar-refractivity contribution is 0.265. The zero-order valence-corrected chi connectivity index (χ0v) is 13.2. The number of thioether (sulfide) groups is 1. The average Bonchev–Trinajstić information content (AvgIpc) is 3.07. The number of nitrogens with one attached hydrogen (secondary N) is 4. The minimum atomic E-state index is -0.291. The van der Waals surface area contributed by atoms with Crippen molar-refractivity contribution in [3.05, 3.63) is 64.6 Å². The molecule has 0 saturated carbocycles. The van der Waals surface area contributed by atoms with Crippen molar-refractivity contribution in [2.24, 2.45) is 0 Å². The maximum absolute atomic E-state index is 11.5. The molecule has 24 heavy (non-hydrogen) atoms. The second kappa shape index (κ2) is 5.54. The molecule has 6 nitrogen and oxygen atoms in total. The van der Waals surface area contributed by atoms with Crippen molar-refractivity contribution in [1.82, 2.24) is 10.6 Å². The molecule has 118 valence electrons. The molecule has 0 bridgehead atoms. The minimum Gasteiger partial charge on any atom is -0.457 e. The van der Waals surface area contributed by atoms with Crippen molar-refractivity contribution in [3.63, 3.8) is 0 Å². The van der Waals surface area contributed by atoms with Gasteiger partial charge in [0.25, 0.3) is 5.24 Å². The van der Waals surface area contributed by atoms with Crippen molar-refractivity contribution in [2.75, 3.05) is 0 Å². The van der Waals surface area contributed by atoms with Crippen LogP contribution in [0.1, 0.15) is 11.1 Å². The van der Waals surface area contributed by atoms with Gasteiger partial charge in [-0.2, -0.15) is 0 Å². The monoisotopic (exact) mass is 336 g/mol. The van der Waals surface area contributed by atoms with E-state index in [4.69, 9.17) is 15.6 Å². The highest BCUT2D eigenvalue weighted by Crippen LogP contribution is 2.37. The molecule has 1 saturated heterocycles. The van der Waals surface area contributed by atoms with Crippen LogP contribution in [-0.2, 0) is 0 Å². The van der Waals surface area contributed by atoms with Crippen LogP contribution in [0.15, 0.2) is 53.4 Å². The van der Waals surface area contributed by atoms with Gasteiger partial charge in [-0.05, 0) is 42.1 Å². The third kappa shape index (κ3) is 2.44. The van der Waals surface area contributed by atoms with E-state index in [0.29, 0.717) is 27.7 Å². The van der Waals surface area contributed by atoms with Gasteiger partial charge in [0.05, 0.1) is 10.6 Å². The van der Waals surface area contributed by atoms with Gasteiger partial charge < -0.3 is 15.4 Å². The number of benzene rings is 2. The zero-order chi connectivity index (χ0) is 16.7. The number of hydrogen-bond donors (Lipinski definition) is 4. The van der Waals surface area contributed by atoms with Gasteiger partial charge in [0.2, 0.25) is 0 Å². The van der Waals surface area contributed by atoms with E-state index < -0.39 is 0 Å². The van der Waals surface area contributed by atoms with E-state index in [-0.39, 0.29) is 16.9 Å². The van der Waals surface area contributed by atoms with Crippen molar-refractivity contribution in [2.45, 2.75) is 0 Å². The van der Waals surface area contributed by atoms with Crippen LogP contribution in [0, 0.1) is 10.8 Å². The molecule has 0 spiro atoms. The number of rotatable bonds is 2. The summed E-state index contributed by atoms with van der Waals surface area (Å²) in [5.74, 6) is 1.63. The lowest BCUT2D eigenvalue weighted by Gasteiger charge is -2.08. The van der Waals surface area contributed by atoms with Crippen molar-refractivity contribution >= 4 is 34.4 Å². The number of para-hydroxylation sites is 1. The van der Waals surface area contributed by atoms with Crippen LogP contribution in [0.4, 0.5) is 4.79 Å². The molecule has 0 unspecified atom stereocenters. The first-order chi connectivity index (χ1) is 11.6. The number of fused-ring (bicyclic) bond motifs is 1. The predicted octanol–water partition coefficient (Wildman–Crippen LogP) is 3.51. The van der Waals surface area contributed by atoms with E-state index in [1.165, 1.54) is 0 Å². The molecule has 0 atom stereocenters. The van der Waals surface area contributed by atoms with Gasteiger partial charge in [-0.3, -0.25) is 15.6 Å². The summed E-state index contributed by atoms with van der Waals surface area (Å²) in [4.78, 5) is 12.0. The number of ether oxygens (including phenoxy) is 1. The molecule has 1 fully saturated rings. The molecule has 2 aliphatic heterocycles. The smallest absolute Gasteiger partial charge is 0.289 e. The summed E-state index contributed by atoms with van der Waals surface area (Å²) in [6, 6.07) is 14.8. The first-order valence-electron chi connectivity index (χ1n) is 7.17. The Kier molecular flexibility index (Phi) is 3.35. The van der Waals surface area contributed by atoms with Crippen LogP contribution in [0.25, 0.3) is 5.70 Å². The average molecular weight is 336 g/mol. The van der Waals surface area contributed by atoms with E-state index in [9.17, 15) is 4.79 Å². The number of amides is 1. The molecule has 0 aromatic heterocycles. The highest BCUT2D eigenvalue weighted by atomic mass is 32.2. The molecule has 4 rings (SSSR count). The third-order valence-electron chi connectivity index (χ3n) is 3.63. The van der Waals surface area contributed by atoms with E-state index >= 15 is 0 Å². The molecule has 2 heterocycles. The lowest BCUT2D eigenvalue weighted by atomic mass is 10.1. The van der Waals surface area contributed by atoms with Gasteiger partial charge in [0.1, 0.15) is 23.2 Å². The van der Waals surface area contributed by atoms with E-state index in [1.54, 1.807) is 12.1 Å². The summed E-state index contributed by atoms with van der Waals surface area (Å²) < 4.78 is 5.83. The van der Waals surface area contributed by atoms with Crippen LogP contribution in [-0.4, -0.2) is 16.9 Å². The maximum Gasteiger partial charge on any atom is 0.289 e. The van der Waals surface area contributed by atoms with Crippen LogP contribution in [0.3, 0.4) is 0 Å². The van der Waals surface area contributed by atoms with Crippen LogP contribution >= 0.6 is 11.8 Å². The molecule has 2 aliphatic rings. The molecule has 4 N–H and O–H groups in total. The first-order valence-corrected chi connectivity index (χ1v) is 7.99. The van der Waals surface area contributed by atoms with E-state index in [1.807, 2.05) is 36.4 Å². The number of amidine groups is 2. The highest BCUT2D eigenvalue weighted by molar-refractivity contribution is 8.18. The Hall–Kier alpha value is -3.06. The third-order valence-corrected chi connectivity index (χ3v) is 4.53. The van der Waals surface area contributed by atoms with Crippen molar-refractivity contribution in [3.8, 4) is 11.5 Å². The van der Waals surface area contributed by atoms with Gasteiger partial charge in [-0.1, -0.05) is 18.2 Å². The Morgan fingerprint density at radius 1 is 0.875 bits per heavy atom.